The van der Waals surface area contributed by atoms with E-state index >= 15 is 0 Å². The van der Waals surface area contributed by atoms with Crippen molar-refractivity contribution in [1.29, 1.82) is 5.41 Å². The van der Waals surface area contributed by atoms with Gasteiger partial charge in [-0.25, -0.2) is 14.2 Å². The van der Waals surface area contributed by atoms with Crippen LogP contribution in [0.4, 0.5) is 4.39 Å². The van der Waals surface area contributed by atoms with Gasteiger partial charge in [0.25, 0.3) is 5.56 Å². The second-order valence-corrected chi connectivity index (χ2v) is 6.19. The maximum Gasteiger partial charge on any atom is 0.341 e. The number of carbonyl (C=O) groups is 1. The van der Waals surface area contributed by atoms with E-state index in [1.165, 1.54) is 34.3 Å². The number of esters is 1. The van der Waals surface area contributed by atoms with Gasteiger partial charge in [-0.2, -0.15) is 0 Å². The Labute approximate surface area is 157 Å². The van der Waals surface area contributed by atoms with Crippen LogP contribution in [0.2, 0.25) is 0 Å². The van der Waals surface area contributed by atoms with E-state index in [0.29, 0.717) is 11.2 Å². The zero-order valence-corrected chi connectivity index (χ0v) is 14.8. The van der Waals surface area contributed by atoms with Gasteiger partial charge in [-0.3, -0.25) is 14.6 Å². The van der Waals surface area contributed by atoms with Crippen LogP contribution >= 0.6 is 0 Å². The number of hydrogen-bond acceptors (Lipinski definition) is 5. The molecule has 4 rings (SSSR count). The highest BCUT2D eigenvalue weighted by Crippen LogP contribution is 2.13. The second kappa shape index (κ2) is 6.73. The molecule has 3 aromatic heterocycles. The minimum atomic E-state index is -0.725. The fourth-order valence-electron chi connectivity index (χ4n) is 3.08. The number of benzene rings is 1. The molecule has 8 heteroatoms. The highest BCUT2D eigenvalue weighted by Gasteiger charge is 2.18. The van der Waals surface area contributed by atoms with E-state index in [1.54, 1.807) is 36.5 Å². The minimum absolute atomic E-state index is 0.0492. The zero-order chi connectivity index (χ0) is 19.8. The van der Waals surface area contributed by atoms with Crippen molar-refractivity contribution in [1.82, 2.24) is 14.0 Å². The van der Waals surface area contributed by atoms with Crippen LogP contribution < -0.4 is 11.0 Å². The van der Waals surface area contributed by atoms with E-state index in [4.69, 9.17) is 10.1 Å². The molecule has 28 heavy (non-hydrogen) atoms. The third kappa shape index (κ3) is 2.84. The van der Waals surface area contributed by atoms with E-state index in [-0.39, 0.29) is 40.0 Å². The molecule has 4 aromatic rings. The van der Waals surface area contributed by atoms with Gasteiger partial charge < -0.3 is 9.30 Å². The Morgan fingerprint density at radius 1 is 1.21 bits per heavy atom. The molecule has 3 heterocycles. The predicted octanol–water partition coefficient (Wildman–Crippen LogP) is 2.10. The predicted molar refractivity (Wildman–Crippen MR) is 99.7 cm³/mol. The van der Waals surface area contributed by atoms with Gasteiger partial charge in [-0.05, 0) is 35.9 Å². The molecule has 0 aliphatic carbocycles. The van der Waals surface area contributed by atoms with E-state index in [1.807, 2.05) is 0 Å². The summed E-state index contributed by atoms with van der Waals surface area (Å²) in [5, 5.41) is 8.65. The van der Waals surface area contributed by atoms with Crippen LogP contribution in [-0.2, 0) is 11.3 Å². The second-order valence-electron chi connectivity index (χ2n) is 6.19. The number of ether oxygens (including phenoxy) is 1. The molecular formula is C20H15FN4O3. The van der Waals surface area contributed by atoms with Gasteiger partial charge in [0.05, 0.1) is 19.0 Å². The lowest BCUT2D eigenvalue weighted by molar-refractivity contribution is 0.0597. The minimum Gasteiger partial charge on any atom is -0.465 e. The van der Waals surface area contributed by atoms with Crippen LogP contribution in [0.25, 0.3) is 16.7 Å². The summed E-state index contributed by atoms with van der Waals surface area (Å²) in [4.78, 5) is 29.6. The number of halogens is 1. The summed E-state index contributed by atoms with van der Waals surface area (Å²) in [6.07, 6.45) is 1.58. The first-order valence-electron chi connectivity index (χ1n) is 8.42. The Kier molecular flexibility index (Phi) is 4.23. The summed E-state index contributed by atoms with van der Waals surface area (Å²) in [7, 11) is 1.21. The van der Waals surface area contributed by atoms with Crippen molar-refractivity contribution in [3.63, 3.8) is 0 Å². The molecule has 1 aromatic carbocycles. The van der Waals surface area contributed by atoms with E-state index in [2.05, 4.69) is 4.98 Å². The third-order valence-electron chi connectivity index (χ3n) is 4.48. The average Bonchev–Trinajstić information content (AvgIpc) is 2.71. The molecule has 0 radical (unpaired) electrons. The van der Waals surface area contributed by atoms with Crippen LogP contribution in [0.1, 0.15) is 15.9 Å². The Hall–Kier alpha value is -3.81. The molecule has 0 spiro atoms. The van der Waals surface area contributed by atoms with E-state index < -0.39 is 5.97 Å². The Balaban J connectivity index is 2.08. The molecule has 0 saturated heterocycles. The lowest BCUT2D eigenvalue weighted by Gasteiger charge is -2.14. The van der Waals surface area contributed by atoms with Crippen molar-refractivity contribution < 1.29 is 13.9 Å². The number of hydrogen-bond donors (Lipinski definition) is 1. The summed E-state index contributed by atoms with van der Waals surface area (Å²) < 4.78 is 20.8. The quantitative estimate of drug-likeness (QED) is 0.437. The number of aromatic nitrogens is 3. The molecular weight excluding hydrogens is 363 g/mol. The van der Waals surface area contributed by atoms with Crippen molar-refractivity contribution in [2.45, 2.75) is 6.54 Å². The van der Waals surface area contributed by atoms with Crippen LogP contribution in [0.15, 0.2) is 59.5 Å². The van der Waals surface area contributed by atoms with Crippen molar-refractivity contribution >= 4 is 22.6 Å². The van der Waals surface area contributed by atoms with E-state index in [9.17, 15) is 14.0 Å². The third-order valence-corrected chi connectivity index (χ3v) is 4.48. The van der Waals surface area contributed by atoms with Crippen molar-refractivity contribution in [2.75, 3.05) is 7.11 Å². The van der Waals surface area contributed by atoms with Gasteiger partial charge in [-0.15, -0.1) is 0 Å². The van der Waals surface area contributed by atoms with Gasteiger partial charge in [0.1, 0.15) is 28.2 Å². The summed E-state index contributed by atoms with van der Waals surface area (Å²) >= 11 is 0. The van der Waals surface area contributed by atoms with Crippen molar-refractivity contribution in [2.24, 2.45) is 0 Å². The first kappa shape index (κ1) is 17.6. The molecule has 0 fully saturated rings. The summed E-state index contributed by atoms with van der Waals surface area (Å²) in [6, 6.07) is 12.2. The fraction of sp³-hybridized carbons (Fsp3) is 0.100. The number of methoxy groups -OCH3 is 1. The van der Waals surface area contributed by atoms with Crippen molar-refractivity contribution in [3.05, 3.63) is 87.5 Å². The Morgan fingerprint density at radius 2 is 1.96 bits per heavy atom. The van der Waals surface area contributed by atoms with Crippen molar-refractivity contribution in [3.8, 4) is 0 Å². The molecule has 7 nitrogen and oxygen atoms in total. The standard InChI is InChI=1S/C20H15FN4O3/c1-28-20(27)14-10-15-18(23-16-4-2-3-9-24(16)19(15)26)25(17(14)22)11-12-5-7-13(21)8-6-12/h2-10,22H,11H2,1H3. The Bertz CT molecular complexity index is 1340. The zero-order valence-electron chi connectivity index (χ0n) is 14.8. The molecule has 0 unspecified atom stereocenters. The normalized spacial score (nSPS) is 11.1. The van der Waals surface area contributed by atoms with Gasteiger partial charge >= 0.3 is 5.97 Å². The van der Waals surface area contributed by atoms with Gasteiger partial charge in [-0.1, -0.05) is 18.2 Å². The number of carbonyl (C=O) groups excluding carboxylic acids is 1. The summed E-state index contributed by atoms with van der Waals surface area (Å²) in [6.45, 7) is 0.135. The van der Waals surface area contributed by atoms with Gasteiger partial charge in [0, 0.05) is 6.20 Å². The molecule has 0 bridgehead atoms. The maximum absolute atomic E-state index is 13.2. The molecule has 0 aliphatic heterocycles. The van der Waals surface area contributed by atoms with Crippen LogP contribution in [-0.4, -0.2) is 27.0 Å². The van der Waals surface area contributed by atoms with E-state index in [0.717, 1.165) is 0 Å². The van der Waals surface area contributed by atoms with Gasteiger partial charge in [0.15, 0.2) is 0 Å². The first-order chi connectivity index (χ1) is 13.5. The number of rotatable bonds is 3. The summed E-state index contributed by atoms with van der Waals surface area (Å²) in [5.41, 5.74) is 0.816. The number of pyridine rings is 2. The molecule has 1 N–H and O–H groups in total. The highest BCUT2D eigenvalue weighted by atomic mass is 19.1. The maximum atomic E-state index is 13.2. The van der Waals surface area contributed by atoms with Crippen LogP contribution in [0.3, 0.4) is 0 Å². The van der Waals surface area contributed by atoms with Gasteiger partial charge in [0.2, 0.25) is 0 Å². The largest absolute Gasteiger partial charge is 0.465 e. The topological polar surface area (TPSA) is 89.4 Å². The average molecular weight is 378 g/mol. The Morgan fingerprint density at radius 3 is 2.68 bits per heavy atom. The SMILES string of the molecule is COC(=O)c1cc2c(=O)n3ccccc3nc2n(Cc2ccc(F)cc2)c1=N. The number of nitrogens with zero attached hydrogens (tertiary/aromatic N) is 3. The first-order valence-corrected chi connectivity index (χ1v) is 8.42. The molecule has 0 saturated carbocycles. The lowest BCUT2D eigenvalue weighted by Crippen LogP contribution is -2.31. The monoisotopic (exact) mass is 378 g/mol. The number of nitrogens with one attached hydrogen (secondary N) is 1. The summed E-state index contributed by atoms with van der Waals surface area (Å²) in [5.74, 6) is -1.10. The van der Waals surface area contributed by atoms with Crippen LogP contribution in [0.5, 0.6) is 0 Å². The number of fused-ring (bicyclic) bond motifs is 2. The smallest absolute Gasteiger partial charge is 0.341 e. The highest BCUT2D eigenvalue weighted by molar-refractivity contribution is 5.93. The molecule has 0 aliphatic rings. The lowest BCUT2D eigenvalue weighted by atomic mass is 10.1. The molecule has 0 atom stereocenters. The fourth-order valence-corrected chi connectivity index (χ4v) is 3.08. The molecule has 140 valence electrons. The van der Waals surface area contributed by atoms with Crippen LogP contribution in [0, 0.1) is 11.2 Å². The molecule has 0 amide bonds.